The minimum atomic E-state index is -0.443. The molecule has 102 valence electrons. The Bertz CT molecular complexity index is 366. The van der Waals surface area contributed by atoms with Crippen LogP contribution in [0.15, 0.2) is 24.3 Å². The van der Waals surface area contributed by atoms with Crippen LogP contribution >= 0.6 is 0 Å². The van der Waals surface area contributed by atoms with Crippen molar-refractivity contribution in [3.05, 3.63) is 29.8 Å². The minimum absolute atomic E-state index is 0. The van der Waals surface area contributed by atoms with E-state index in [2.05, 4.69) is 6.92 Å². The predicted octanol–water partition coefficient (Wildman–Crippen LogP) is 3.53. The Morgan fingerprint density at radius 1 is 1.11 bits per heavy atom. The summed E-state index contributed by atoms with van der Waals surface area (Å²) < 4.78 is 5.12. The second-order valence-electron chi connectivity index (χ2n) is 4.42. The first-order valence-corrected chi connectivity index (χ1v) is 6.70. The van der Waals surface area contributed by atoms with E-state index in [1.165, 1.54) is 31.7 Å². The van der Waals surface area contributed by atoms with Crippen molar-refractivity contribution in [1.82, 2.24) is 0 Å². The largest absolute Gasteiger partial charge is 0.507 e. The van der Waals surface area contributed by atoms with Crippen LogP contribution in [0.2, 0.25) is 0 Å². The fraction of sp³-hybridized carbons (Fsp3) is 0.533. The molecule has 1 rings (SSSR count). The van der Waals surface area contributed by atoms with E-state index in [-0.39, 0.29) is 49.1 Å². The summed E-state index contributed by atoms with van der Waals surface area (Å²) in [5.41, 5.74) is 0.239. The standard InChI is InChI=1S/C15H22O3.Ca/c1-2-3-4-5-6-9-12-18-15(17)13-10-7-8-11-14(13)16;/h7-8,10-11,16H,2-6,9,12H2,1H3;. The predicted molar refractivity (Wildman–Crippen MR) is 77.5 cm³/mol. The van der Waals surface area contributed by atoms with Crippen molar-refractivity contribution in [2.45, 2.75) is 45.4 Å². The Morgan fingerprint density at radius 2 is 1.74 bits per heavy atom. The first-order chi connectivity index (χ1) is 8.75. The molecule has 0 unspecified atom stereocenters. The Kier molecular flexibility index (Phi) is 11.4. The number of ether oxygens (including phenoxy) is 1. The molecule has 0 bridgehead atoms. The Labute approximate surface area is 145 Å². The minimum Gasteiger partial charge on any atom is -0.507 e. The normalized spacial score (nSPS) is 9.74. The summed E-state index contributed by atoms with van der Waals surface area (Å²) in [6.45, 7) is 2.62. The SMILES string of the molecule is CCCCCCCCOC(=O)c1ccccc1O.[Ca]. The molecule has 0 fully saturated rings. The third-order valence-corrected chi connectivity index (χ3v) is 2.86. The molecular formula is C15H22CaO3. The van der Waals surface area contributed by atoms with Gasteiger partial charge < -0.3 is 9.84 Å². The maximum Gasteiger partial charge on any atom is 0.341 e. The third kappa shape index (κ3) is 7.81. The molecule has 1 aromatic carbocycles. The Balaban J connectivity index is 0.00000324. The van der Waals surface area contributed by atoms with Gasteiger partial charge in [-0.2, -0.15) is 0 Å². The van der Waals surface area contributed by atoms with Crippen molar-refractivity contribution in [2.75, 3.05) is 6.61 Å². The molecule has 1 aromatic rings. The van der Waals surface area contributed by atoms with E-state index >= 15 is 0 Å². The zero-order valence-corrected chi connectivity index (χ0v) is 13.9. The molecule has 0 saturated carbocycles. The smallest absolute Gasteiger partial charge is 0.341 e. The molecule has 0 aliphatic rings. The molecule has 0 aliphatic heterocycles. The molecule has 19 heavy (non-hydrogen) atoms. The van der Waals surface area contributed by atoms with E-state index in [1.807, 2.05) is 0 Å². The molecule has 3 nitrogen and oxygen atoms in total. The molecule has 0 spiro atoms. The van der Waals surface area contributed by atoms with Gasteiger partial charge >= 0.3 is 5.97 Å². The second-order valence-corrected chi connectivity index (χ2v) is 4.42. The number of para-hydroxylation sites is 1. The fourth-order valence-electron chi connectivity index (χ4n) is 1.77. The zero-order chi connectivity index (χ0) is 13.2. The van der Waals surface area contributed by atoms with Crippen LogP contribution in [0.5, 0.6) is 5.75 Å². The molecule has 0 aliphatic carbocycles. The average Bonchev–Trinajstić information content (AvgIpc) is 2.38. The van der Waals surface area contributed by atoms with Gasteiger partial charge in [0.1, 0.15) is 11.3 Å². The first kappa shape index (κ1) is 18.7. The van der Waals surface area contributed by atoms with E-state index in [0.717, 1.165) is 12.8 Å². The Morgan fingerprint density at radius 3 is 2.42 bits per heavy atom. The van der Waals surface area contributed by atoms with Crippen LogP contribution in [-0.4, -0.2) is 55.4 Å². The van der Waals surface area contributed by atoms with Crippen molar-refractivity contribution < 1.29 is 14.6 Å². The van der Waals surface area contributed by atoms with Gasteiger partial charge in [-0.25, -0.2) is 4.79 Å². The van der Waals surface area contributed by atoms with Crippen molar-refractivity contribution in [2.24, 2.45) is 0 Å². The summed E-state index contributed by atoms with van der Waals surface area (Å²) in [6.07, 6.45) is 6.95. The van der Waals surface area contributed by atoms with Crippen molar-refractivity contribution in [1.29, 1.82) is 0 Å². The van der Waals surface area contributed by atoms with Gasteiger partial charge in [-0.15, -0.1) is 0 Å². The topological polar surface area (TPSA) is 46.5 Å². The van der Waals surface area contributed by atoms with Crippen LogP contribution in [0, 0.1) is 0 Å². The molecular weight excluding hydrogens is 268 g/mol. The van der Waals surface area contributed by atoms with Crippen LogP contribution in [0.25, 0.3) is 0 Å². The maximum absolute atomic E-state index is 11.6. The molecule has 0 atom stereocenters. The van der Waals surface area contributed by atoms with Crippen LogP contribution in [0.3, 0.4) is 0 Å². The molecule has 2 radical (unpaired) electrons. The average molecular weight is 290 g/mol. The molecule has 0 aromatic heterocycles. The number of carbonyl (C=O) groups is 1. The van der Waals surface area contributed by atoms with E-state index in [4.69, 9.17) is 4.74 Å². The van der Waals surface area contributed by atoms with E-state index in [9.17, 15) is 9.90 Å². The van der Waals surface area contributed by atoms with Gasteiger partial charge in [0.25, 0.3) is 0 Å². The van der Waals surface area contributed by atoms with Crippen LogP contribution in [0.4, 0.5) is 0 Å². The van der Waals surface area contributed by atoms with Gasteiger partial charge in [0.2, 0.25) is 0 Å². The number of hydrogen-bond acceptors (Lipinski definition) is 3. The summed E-state index contributed by atoms with van der Waals surface area (Å²) in [5, 5.41) is 9.48. The van der Waals surface area contributed by atoms with Gasteiger partial charge in [0.15, 0.2) is 0 Å². The quantitative estimate of drug-likeness (QED) is 0.452. The van der Waals surface area contributed by atoms with Crippen molar-refractivity contribution in [3.63, 3.8) is 0 Å². The number of hydrogen-bond donors (Lipinski definition) is 1. The molecule has 0 heterocycles. The van der Waals surface area contributed by atoms with Gasteiger partial charge in [0.05, 0.1) is 6.61 Å². The summed E-state index contributed by atoms with van der Waals surface area (Å²) in [4.78, 5) is 11.6. The molecule has 1 N–H and O–H groups in total. The first-order valence-electron chi connectivity index (χ1n) is 6.70. The molecule has 4 heteroatoms. The van der Waals surface area contributed by atoms with E-state index in [1.54, 1.807) is 18.2 Å². The number of unbranched alkanes of at least 4 members (excludes halogenated alkanes) is 5. The number of carbonyl (C=O) groups excluding carboxylic acids is 1. The molecule has 0 saturated heterocycles. The van der Waals surface area contributed by atoms with Crippen molar-refractivity contribution in [3.8, 4) is 5.75 Å². The third-order valence-electron chi connectivity index (χ3n) is 2.86. The Hall–Kier alpha value is -0.250. The number of phenols is 1. The number of aromatic hydroxyl groups is 1. The number of esters is 1. The second kappa shape index (κ2) is 11.6. The summed E-state index contributed by atoms with van der Waals surface area (Å²) in [5.74, 6) is -0.466. The van der Waals surface area contributed by atoms with Crippen LogP contribution in [0.1, 0.15) is 55.8 Å². The van der Waals surface area contributed by atoms with Gasteiger partial charge in [-0.3, -0.25) is 0 Å². The number of phenolic OH excluding ortho intramolecular Hbond substituents is 1. The monoisotopic (exact) mass is 290 g/mol. The fourth-order valence-corrected chi connectivity index (χ4v) is 1.77. The summed E-state index contributed by atoms with van der Waals surface area (Å²) >= 11 is 0. The maximum atomic E-state index is 11.6. The van der Waals surface area contributed by atoms with Crippen LogP contribution < -0.4 is 0 Å². The van der Waals surface area contributed by atoms with Gasteiger partial charge in [-0.1, -0.05) is 51.2 Å². The van der Waals surface area contributed by atoms with Gasteiger partial charge in [-0.05, 0) is 18.6 Å². The summed E-state index contributed by atoms with van der Waals surface area (Å²) in [6, 6.07) is 6.45. The zero-order valence-electron chi connectivity index (χ0n) is 11.7. The summed E-state index contributed by atoms with van der Waals surface area (Å²) in [7, 11) is 0. The van der Waals surface area contributed by atoms with Crippen LogP contribution in [-0.2, 0) is 4.74 Å². The van der Waals surface area contributed by atoms with Crippen molar-refractivity contribution >= 4 is 43.7 Å². The molecule has 0 amide bonds. The number of benzene rings is 1. The van der Waals surface area contributed by atoms with E-state index in [0.29, 0.717) is 6.61 Å². The number of rotatable bonds is 8. The van der Waals surface area contributed by atoms with E-state index < -0.39 is 5.97 Å². The van der Waals surface area contributed by atoms with Gasteiger partial charge in [0, 0.05) is 37.7 Å².